The van der Waals surface area contributed by atoms with Crippen LogP contribution in [0, 0.1) is 23.1 Å². The molecule has 0 heterocycles. The second-order valence-corrected chi connectivity index (χ2v) is 4.42. The van der Waals surface area contributed by atoms with E-state index in [9.17, 15) is 9.18 Å². The minimum atomic E-state index is -0.577. The first-order valence-corrected chi connectivity index (χ1v) is 6.06. The zero-order valence-corrected chi connectivity index (χ0v) is 9.99. The maximum atomic E-state index is 13.3. The van der Waals surface area contributed by atoms with Gasteiger partial charge in [-0.1, -0.05) is 6.07 Å². The lowest BCUT2D eigenvalue weighted by molar-refractivity contribution is -0.121. The average Bonchev–Trinajstić information content (AvgIpc) is 2.75. The zero-order valence-electron chi connectivity index (χ0n) is 9.99. The third-order valence-corrected chi connectivity index (χ3v) is 3.24. The molecule has 94 valence electrons. The summed E-state index contributed by atoms with van der Waals surface area (Å²) in [6.07, 6.45) is 3.16. The van der Waals surface area contributed by atoms with Crippen molar-refractivity contribution >= 4 is 5.78 Å². The topological polar surface area (TPSA) is 50.1 Å². The average molecular weight is 247 g/mol. The fourth-order valence-corrected chi connectivity index (χ4v) is 2.24. The number of benzene rings is 1. The molecule has 1 fully saturated rings. The van der Waals surface area contributed by atoms with Crippen molar-refractivity contribution in [3.8, 4) is 11.8 Å². The van der Waals surface area contributed by atoms with E-state index >= 15 is 0 Å². The first-order chi connectivity index (χ1) is 8.72. The quantitative estimate of drug-likeness (QED) is 0.822. The maximum Gasteiger partial charge on any atom is 0.144 e. The van der Waals surface area contributed by atoms with Gasteiger partial charge in [-0.05, 0) is 31.4 Å². The summed E-state index contributed by atoms with van der Waals surface area (Å²) in [6.45, 7) is 0.342. The number of carbonyl (C=O) groups excluding carboxylic acids is 1. The Hall–Kier alpha value is -1.89. The van der Waals surface area contributed by atoms with Gasteiger partial charge >= 0.3 is 0 Å². The first kappa shape index (κ1) is 12.6. The molecule has 0 N–H and O–H groups in total. The Labute approximate surface area is 105 Å². The lowest BCUT2D eigenvalue weighted by Crippen LogP contribution is -2.11. The Morgan fingerprint density at radius 3 is 3.00 bits per heavy atom. The minimum Gasteiger partial charge on any atom is -0.492 e. The van der Waals surface area contributed by atoms with Gasteiger partial charge < -0.3 is 4.74 Å². The molecule has 1 saturated carbocycles. The molecule has 1 aliphatic rings. The van der Waals surface area contributed by atoms with E-state index in [2.05, 4.69) is 0 Å². The van der Waals surface area contributed by atoms with Gasteiger partial charge in [-0.25, -0.2) is 4.39 Å². The summed E-state index contributed by atoms with van der Waals surface area (Å²) in [5, 5.41) is 8.83. The van der Waals surface area contributed by atoms with E-state index in [-0.39, 0.29) is 17.2 Å². The molecule has 1 aromatic rings. The molecule has 0 spiro atoms. The number of nitriles is 1. The number of halogens is 1. The molecule has 0 radical (unpaired) electrons. The largest absolute Gasteiger partial charge is 0.492 e. The first-order valence-electron chi connectivity index (χ1n) is 6.06. The van der Waals surface area contributed by atoms with Crippen molar-refractivity contribution in [1.29, 1.82) is 5.26 Å². The summed E-state index contributed by atoms with van der Waals surface area (Å²) >= 11 is 0. The molecule has 1 unspecified atom stereocenters. The lowest BCUT2D eigenvalue weighted by Gasteiger charge is -2.10. The summed E-state index contributed by atoms with van der Waals surface area (Å²) < 4.78 is 18.7. The van der Waals surface area contributed by atoms with E-state index in [1.807, 2.05) is 0 Å². The number of rotatable bonds is 4. The van der Waals surface area contributed by atoms with Crippen LogP contribution < -0.4 is 4.74 Å². The fourth-order valence-electron chi connectivity index (χ4n) is 2.24. The van der Waals surface area contributed by atoms with E-state index in [1.165, 1.54) is 12.1 Å². The van der Waals surface area contributed by atoms with Gasteiger partial charge in [-0.3, -0.25) is 4.79 Å². The second kappa shape index (κ2) is 5.63. The molecule has 18 heavy (non-hydrogen) atoms. The maximum absolute atomic E-state index is 13.3. The predicted octanol–water partition coefficient (Wildman–Crippen LogP) is 2.84. The van der Waals surface area contributed by atoms with E-state index in [4.69, 9.17) is 10.00 Å². The normalized spacial score (nSPS) is 18.7. The van der Waals surface area contributed by atoms with Crippen LogP contribution in [0.15, 0.2) is 18.2 Å². The van der Waals surface area contributed by atoms with E-state index in [0.717, 1.165) is 12.8 Å². The highest BCUT2D eigenvalue weighted by molar-refractivity contribution is 5.82. The van der Waals surface area contributed by atoms with Gasteiger partial charge in [0, 0.05) is 12.3 Å². The molecule has 0 saturated heterocycles. The number of hydrogen-bond acceptors (Lipinski definition) is 3. The third kappa shape index (κ3) is 2.67. The molecule has 0 amide bonds. The molecular formula is C14H14FNO2. The molecule has 3 nitrogen and oxygen atoms in total. The highest BCUT2D eigenvalue weighted by Crippen LogP contribution is 2.25. The molecule has 2 rings (SSSR count). The zero-order chi connectivity index (χ0) is 13.0. The molecule has 1 atom stereocenters. The molecule has 0 aliphatic heterocycles. The molecule has 0 bridgehead atoms. The summed E-state index contributed by atoms with van der Waals surface area (Å²) in [7, 11) is 0. The number of nitrogens with zero attached hydrogens (tertiary/aromatic N) is 1. The van der Waals surface area contributed by atoms with Crippen LogP contribution in [-0.2, 0) is 4.79 Å². The standard InChI is InChI=1S/C14H14FNO2/c15-12-4-2-6-14(11(12)9-16)18-8-7-10-3-1-5-13(10)17/h2,4,6,10H,1,3,5,7-8H2. The van der Waals surface area contributed by atoms with Gasteiger partial charge in [0.2, 0.25) is 0 Å². The SMILES string of the molecule is N#Cc1c(F)cccc1OCCC1CCCC1=O. The van der Waals surface area contributed by atoms with E-state index < -0.39 is 5.82 Å². The van der Waals surface area contributed by atoms with E-state index in [0.29, 0.717) is 25.2 Å². The van der Waals surface area contributed by atoms with Crippen LogP contribution in [0.3, 0.4) is 0 Å². The number of carbonyl (C=O) groups is 1. The van der Waals surface area contributed by atoms with Gasteiger partial charge in [0.1, 0.15) is 29.0 Å². The molecule has 1 aliphatic carbocycles. The molecule has 0 aromatic heterocycles. The molecule has 1 aromatic carbocycles. The second-order valence-electron chi connectivity index (χ2n) is 4.42. The van der Waals surface area contributed by atoms with Crippen LogP contribution in [0.25, 0.3) is 0 Å². The Morgan fingerprint density at radius 1 is 1.50 bits per heavy atom. The Kier molecular flexibility index (Phi) is 3.93. The van der Waals surface area contributed by atoms with Gasteiger partial charge in [-0.15, -0.1) is 0 Å². The number of Topliss-reactive ketones (excluding diaryl/α,β-unsaturated/α-hetero) is 1. The van der Waals surface area contributed by atoms with Crippen molar-refractivity contribution in [2.75, 3.05) is 6.61 Å². The van der Waals surface area contributed by atoms with Crippen LogP contribution >= 0.6 is 0 Å². The van der Waals surface area contributed by atoms with E-state index in [1.54, 1.807) is 12.1 Å². The van der Waals surface area contributed by atoms with Gasteiger partial charge in [0.15, 0.2) is 0 Å². The van der Waals surface area contributed by atoms with Crippen LogP contribution in [0.4, 0.5) is 4.39 Å². The summed E-state index contributed by atoms with van der Waals surface area (Å²) in [4.78, 5) is 11.4. The lowest BCUT2D eigenvalue weighted by atomic mass is 10.0. The molecule has 4 heteroatoms. The third-order valence-electron chi connectivity index (χ3n) is 3.24. The van der Waals surface area contributed by atoms with Crippen LogP contribution in [0.5, 0.6) is 5.75 Å². The Balaban J connectivity index is 1.93. The van der Waals surface area contributed by atoms with Crippen LogP contribution in [-0.4, -0.2) is 12.4 Å². The van der Waals surface area contributed by atoms with Crippen molar-refractivity contribution in [1.82, 2.24) is 0 Å². The van der Waals surface area contributed by atoms with Gasteiger partial charge in [0.25, 0.3) is 0 Å². The molecular weight excluding hydrogens is 233 g/mol. The summed E-state index contributed by atoms with van der Waals surface area (Å²) in [6, 6.07) is 6.09. The van der Waals surface area contributed by atoms with Gasteiger partial charge in [-0.2, -0.15) is 5.26 Å². The summed E-state index contributed by atoms with van der Waals surface area (Å²) in [5.41, 5.74) is -0.0738. The number of ether oxygens (including phenoxy) is 1. The van der Waals surface area contributed by atoms with Crippen LogP contribution in [0.2, 0.25) is 0 Å². The van der Waals surface area contributed by atoms with Crippen molar-refractivity contribution < 1.29 is 13.9 Å². The van der Waals surface area contributed by atoms with Gasteiger partial charge in [0.05, 0.1) is 6.61 Å². The highest BCUT2D eigenvalue weighted by atomic mass is 19.1. The van der Waals surface area contributed by atoms with Crippen molar-refractivity contribution in [2.45, 2.75) is 25.7 Å². The van der Waals surface area contributed by atoms with Crippen LogP contribution in [0.1, 0.15) is 31.2 Å². The highest BCUT2D eigenvalue weighted by Gasteiger charge is 2.24. The van der Waals surface area contributed by atoms with Crippen molar-refractivity contribution in [3.63, 3.8) is 0 Å². The Bertz CT molecular complexity index is 493. The Morgan fingerprint density at radius 2 is 2.33 bits per heavy atom. The van der Waals surface area contributed by atoms with Crippen molar-refractivity contribution in [2.24, 2.45) is 5.92 Å². The smallest absolute Gasteiger partial charge is 0.144 e. The summed E-state index contributed by atoms with van der Waals surface area (Å²) in [5.74, 6) is 0.0392. The van der Waals surface area contributed by atoms with Crippen molar-refractivity contribution in [3.05, 3.63) is 29.6 Å². The monoisotopic (exact) mass is 247 g/mol. The number of ketones is 1. The fraction of sp³-hybridized carbons (Fsp3) is 0.429. The minimum absolute atomic E-state index is 0.0732. The number of hydrogen-bond donors (Lipinski definition) is 0. The predicted molar refractivity (Wildman–Crippen MR) is 63.6 cm³/mol.